The molecule has 3 aromatic rings. The zero-order valence-corrected chi connectivity index (χ0v) is 19.0. The molecule has 0 aliphatic heterocycles. The predicted molar refractivity (Wildman–Crippen MR) is 123 cm³/mol. The molecule has 1 aromatic heterocycles. The number of amides is 2. The number of ether oxygens (including phenoxy) is 2. The molecule has 11 heteroatoms. The summed E-state index contributed by atoms with van der Waals surface area (Å²) in [6.45, 7) is 3.30. The number of benzene rings is 2. The molecule has 2 aromatic carbocycles. The maximum Gasteiger partial charge on any atom is 0.250 e. The van der Waals surface area contributed by atoms with Crippen LogP contribution in [0.15, 0.2) is 48.5 Å². The zero-order valence-electron chi connectivity index (χ0n) is 19.0. The van der Waals surface area contributed by atoms with Crippen LogP contribution in [0.4, 0.5) is 17.3 Å². The molecule has 1 heterocycles. The topological polar surface area (TPSA) is 137 Å². The number of methoxy groups -OCH3 is 2. The molecule has 0 saturated heterocycles. The zero-order chi connectivity index (χ0) is 24.0. The average molecular weight is 454 g/mol. The van der Waals surface area contributed by atoms with E-state index in [0.29, 0.717) is 29.3 Å². The third-order valence-electron chi connectivity index (χ3n) is 5.44. The molecule has 0 spiro atoms. The largest absolute Gasteiger partial charge is 0.497 e. The first-order valence-corrected chi connectivity index (χ1v) is 10.3. The van der Waals surface area contributed by atoms with Gasteiger partial charge < -0.3 is 20.5 Å². The van der Waals surface area contributed by atoms with Crippen molar-refractivity contribution < 1.29 is 19.1 Å². The van der Waals surface area contributed by atoms with Crippen LogP contribution in [-0.2, 0) is 16.1 Å². The van der Waals surface area contributed by atoms with Gasteiger partial charge in [0.25, 0.3) is 0 Å². The lowest BCUT2D eigenvalue weighted by Crippen LogP contribution is -2.58. The van der Waals surface area contributed by atoms with E-state index in [2.05, 4.69) is 20.8 Å². The second kappa shape index (κ2) is 9.98. The monoisotopic (exact) mass is 453 g/mol. The highest BCUT2D eigenvalue weighted by Crippen LogP contribution is 2.31. The Morgan fingerprint density at radius 3 is 2.12 bits per heavy atom. The van der Waals surface area contributed by atoms with E-state index in [9.17, 15) is 9.59 Å². The van der Waals surface area contributed by atoms with Crippen LogP contribution in [0.2, 0.25) is 0 Å². The van der Waals surface area contributed by atoms with Crippen molar-refractivity contribution in [2.24, 2.45) is 0 Å². The number of tetrazole rings is 1. The summed E-state index contributed by atoms with van der Waals surface area (Å²) in [5, 5.41) is 13.7. The van der Waals surface area contributed by atoms with Gasteiger partial charge in [-0.2, -0.15) is 0 Å². The summed E-state index contributed by atoms with van der Waals surface area (Å²) in [5.74, 6) is 0.522. The fourth-order valence-corrected chi connectivity index (χ4v) is 3.32. The van der Waals surface area contributed by atoms with Gasteiger partial charge in [-0.05, 0) is 72.3 Å². The summed E-state index contributed by atoms with van der Waals surface area (Å²) in [7, 11) is 3.12. The second-order valence-electron chi connectivity index (χ2n) is 7.43. The highest BCUT2D eigenvalue weighted by Gasteiger charge is 2.42. The van der Waals surface area contributed by atoms with Crippen LogP contribution in [0, 0.1) is 0 Å². The molecule has 1 atom stereocenters. The molecule has 3 N–H and O–H groups in total. The molecule has 1 unspecified atom stereocenters. The number of nitrogens with two attached hydrogens (primary N) is 1. The van der Waals surface area contributed by atoms with E-state index in [1.807, 2.05) is 6.92 Å². The Balaban J connectivity index is 1.97. The minimum atomic E-state index is -1.24. The first-order chi connectivity index (χ1) is 15.8. The van der Waals surface area contributed by atoms with E-state index < -0.39 is 11.4 Å². The summed E-state index contributed by atoms with van der Waals surface area (Å²) in [6, 6.07) is 13.8. The summed E-state index contributed by atoms with van der Waals surface area (Å²) < 4.78 is 11.6. The quantitative estimate of drug-likeness (QED) is 0.502. The van der Waals surface area contributed by atoms with Crippen molar-refractivity contribution in [3.05, 3.63) is 48.5 Å². The fourth-order valence-electron chi connectivity index (χ4n) is 3.32. The highest BCUT2D eigenvalue weighted by atomic mass is 16.5. The van der Waals surface area contributed by atoms with Crippen molar-refractivity contribution in [1.29, 1.82) is 0 Å². The van der Waals surface area contributed by atoms with Crippen LogP contribution in [0.5, 0.6) is 11.5 Å². The van der Waals surface area contributed by atoms with Crippen LogP contribution >= 0.6 is 0 Å². The molecular weight excluding hydrogens is 426 g/mol. The van der Waals surface area contributed by atoms with Crippen molar-refractivity contribution >= 4 is 29.1 Å². The van der Waals surface area contributed by atoms with Gasteiger partial charge in [0.2, 0.25) is 17.8 Å². The van der Waals surface area contributed by atoms with Gasteiger partial charge in [0.15, 0.2) is 0 Å². The van der Waals surface area contributed by atoms with Crippen molar-refractivity contribution in [1.82, 2.24) is 20.2 Å². The Hall–Kier alpha value is -4.15. The molecule has 0 aliphatic carbocycles. The van der Waals surface area contributed by atoms with Gasteiger partial charge in [-0.25, -0.2) is 4.68 Å². The van der Waals surface area contributed by atoms with Gasteiger partial charge in [-0.15, -0.1) is 0 Å². The van der Waals surface area contributed by atoms with Gasteiger partial charge in [0.05, 0.1) is 14.2 Å². The molecule has 174 valence electrons. The number of nitrogens with one attached hydrogen (secondary N) is 1. The lowest BCUT2D eigenvalue weighted by atomic mass is 9.93. The van der Waals surface area contributed by atoms with Crippen LogP contribution in [0.3, 0.4) is 0 Å². The molecule has 0 aliphatic rings. The van der Waals surface area contributed by atoms with Gasteiger partial charge in [-0.1, -0.05) is 12.0 Å². The molecule has 0 bridgehead atoms. The van der Waals surface area contributed by atoms with Gasteiger partial charge in [0.1, 0.15) is 23.6 Å². The van der Waals surface area contributed by atoms with E-state index in [0.717, 1.165) is 0 Å². The van der Waals surface area contributed by atoms with Crippen molar-refractivity contribution in [3.63, 3.8) is 0 Å². The predicted octanol–water partition coefficient (Wildman–Crippen LogP) is 2.11. The molecule has 3 rings (SSSR count). The van der Waals surface area contributed by atoms with Gasteiger partial charge in [-0.3, -0.25) is 14.5 Å². The van der Waals surface area contributed by atoms with Crippen LogP contribution < -0.4 is 25.4 Å². The number of rotatable bonds is 9. The van der Waals surface area contributed by atoms with Crippen molar-refractivity contribution in [2.75, 3.05) is 30.2 Å². The van der Waals surface area contributed by atoms with Gasteiger partial charge in [0, 0.05) is 11.4 Å². The maximum atomic E-state index is 13.5. The Morgan fingerprint density at radius 2 is 1.64 bits per heavy atom. The second-order valence-corrected chi connectivity index (χ2v) is 7.43. The number of anilines is 3. The standard InChI is InChI=1S/C22H27N7O4/c1-5-22(2,20(31)24-15-6-10-17(32-3)11-7-15)29(16-8-12-18(33-4)13-9-16)19(30)14-28-21(23)25-26-27-28/h6-13H,5,14H2,1-4H3,(H,24,31)(H2,23,25,27). The smallest absolute Gasteiger partial charge is 0.250 e. The number of hydrogen-bond acceptors (Lipinski definition) is 8. The molecule has 0 radical (unpaired) electrons. The lowest BCUT2D eigenvalue weighted by Gasteiger charge is -2.39. The molecule has 0 saturated carbocycles. The van der Waals surface area contributed by atoms with E-state index in [-0.39, 0.29) is 18.4 Å². The summed E-state index contributed by atoms with van der Waals surface area (Å²) >= 11 is 0. The molecule has 33 heavy (non-hydrogen) atoms. The maximum absolute atomic E-state index is 13.5. The Labute approximate surface area is 191 Å². The molecule has 2 amide bonds. The first kappa shape index (κ1) is 23.5. The normalized spacial score (nSPS) is 12.5. The third-order valence-corrected chi connectivity index (χ3v) is 5.44. The summed E-state index contributed by atoms with van der Waals surface area (Å²) in [5.41, 5.74) is 5.59. The Bertz CT molecular complexity index is 1100. The number of hydrogen-bond donors (Lipinski definition) is 2. The molecule has 0 fully saturated rings. The number of nitrogen functional groups attached to an aromatic ring is 1. The van der Waals surface area contributed by atoms with Crippen LogP contribution in [0.25, 0.3) is 0 Å². The molecule has 11 nitrogen and oxygen atoms in total. The van der Waals surface area contributed by atoms with Crippen molar-refractivity contribution in [3.8, 4) is 11.5 Å². The number of carbonyl (C=O) groups is 2. The van der Waals surface area contributed by atoms with E-state index in [1.54, 1.807) is 69.7 Å². The summed E-state index contributed by atoms with van der Waals surface area (Å²) in [6.07, 6.45) is 0.331. The Morgan fingerprint density at radius 1 is 1.06 bits per heavy atom. The number of nitrogens with zero attached hydrogens (tertiary/aromatic N) is 5. The fraction of sp³-hybridized carbons (Fsp3) is 0.318. The Kier molecular flexibility index (Phi) is 7.11. The van der Waals surface area contributed by atoms with E-state index >= 15 is 0 Å². The number of aromatic nitrogens is 4. The lowest BCUT2D eigenvalue weighted by molar-refractivity contribution is -0.127. The first-order valence-electron chi connectivity index (χ1n) is 10.3. The van der Waals surface area contributed by atoms with Gasteiger partial charge >= 0.3 is 0 Å². The van der Waals surface area contributed by atoms with E-state index in [1.165, 1.54) is 9.58 Å². The van der Waals surface area contributed by atoms with Crippen LogP contribution in [-0.4, -0.2) is 51.8 Å². The SMILES string of the molecule is CCC(C)(C(=O)Nc1ccc(OC)cc1)N(C(=O)Cn1nnnc1N)c1ccc(OC)cc1. The highest BCUT2D eigenvalue weighted by molar-refractivity contribution is 6.07. The van der Waals surface area contributed by atoms with Crippen LogP contribution in [0.1, 0.15) is 20.3 Å². The molecular formula is C22H27N7O4. The van der Waals surface area contributed by atoms with E-state index in [4.69, 9.17) is 15.2 Å². The summed E-state index contributed by atoms with van der Waals surface area (Å²) in [4.78, 5) is 28.4. The van der Waals surface area contributed by atoms with Crippen molar-refractivity contribution in [2.45, 2.75) is 32.4 Å². The minimum absolute atomic E-state index is 0.00100. The average Bonchev–Trinajstić information content (AvgIpc) is 3.23. The number of carbonyl (C=O) groups excluding carboxylic acids is 2. The third kappa shape index (κ3) is 5.03. The minimum Gasteiger partial charge on any atom is -0.497 e.